The fraction of sp³-hybridized carbons (Fsp3) is 1.00. The van der Waals surface area contributed by atoms with Gasteiger partial charge in [0.25, 0.3) is 0 Å². The summed E-state index contributed by atoms with van der Waals surface area (Å²) in [6, 6.07) is 0. The molecule has 1 aliphatic rings. The van der Waals surface area contributed by atoms with Gasteiger partial charge in [0.15, 0.2) is 0 Å². The minimum atomic E-state index is -0.00552. The molecule has 1 saturated carbocycles. The molecule has 0 aromatic rings. The summed E-state index contributed by atoms with van der Waals surface area (Å²) in [5.41, 5.74) is 0. The van der Waals surface area contributed by atoms with E-state index in [4.69, 9.17) is 0 Å². The van der Waals surface area contributed by atoms with E-state index in [9.17, 15) is 5.11 Å². The first-order valence-electron chi connectivity index (χ1n) is 6.60. The molecule has 2 nitrogen and oxygen atoms in total. The van der Waals surface area contributed by atoms with Gasteiger partial charge in [-0.1, -0.05) is 26.2 Å². The van der Waals surface area contributed by atoms with E-state index in [2.05, 4.69) is 18.9 Å². The highest BCUT2D eigenvalue weighted by Gasteiger charge is 2.24. The summed E-state index contributed by atoms with van der Waals surface area (Å²) < 4.78 is 0. The lowest BCUT2D eigenvalue weighted by Gasteiger charge is -2.20. The third-order valence-corrected chi connectivity index (χ3v) is 3.64. The number of aliphatic hydroxyl groups excluding tert-OH is 1. The van der Waals surface area contributed by atoms with Gasteiger partial charge in [0.1, 0.15) is 0 Å². The van der Waals surface area contributed by atoms with E-state index in [-0.39, 0.29) is 6.10 Å². The molecule has 90 valence electrons. The molecule has 0 saturated heterocycles. The maximum atomic E-state index is 9.70. The summed E-state index contributed by atoms with van der Waals surface area (Å²) >= 11 is 0. The summed E-state index contributed by atoms with van der Waals surface area (Å²) in [7, 11) is 2.21. The number of hydrogen-bond donors (Lipinski definition) is 1. The zero-order chi connectivity index (χ0) is 11.1. The van der Waals surface area contributed by atoms with Crippen LogP contribution in [-0.4, -0.2) is 36.2 Å². The number of rotatable bonds is 7. The summed E-state index contributed by atoms with van der Waals surface area (Å²) in [6.07, 6.45) is 8.64. The summed E-state index contributed by atoms with van der Waals surface area (Å²) in [4.78, 5) is 2.42. The Hall–Kier alpha value is -0.0800. The minimum Gasteiger partial charge on any atom is -0.393 e. The smallest absolute Gasteiger partial charge is 0.0568 e. The zero-order valence-corrected chi connectivity index (χ0v) is 10.4. The van der Waals surface area contributed by atoms with Gasteiger partial charge in [-0.15, -0.1) is 0 Å². The molecule has 1 aliphatic carbocycles. The van der Waals surface area contributed by atoms with Crippen molar-refractivity contribution in [2.45, 2.75) is 58.0 Å². The van der Waals surface area contributed by atoms with E-state index in [0.29, 0.717) is 5.92 Å². The second-order valence-electron chi connectivity index (χ2n) is 5.06. The summed E-state index contributed by atoms with van der Waals surface area (Å²) in [5, 5.41) is 9.70. The summed E-state index contributed by atoms with van der Waals surface area (Å²) in [6.45, 7) is 4.62. The molecule has 0 radical (unpaired) electrons. The van der Waals surface area contributed by atoms with Crippen molar-refractivity contribution < 1.29 is 5.11 Å². The molecule has 15 heavy (non-hydrogen) atoms. The van der Waals surface area contributed by atoms with Crippen LogP contribution < -0.4 is 0 Å². The average Bonchev–Trinajstić information content (AvgIpc) is 2.61. The molecular formula is C13H27NO. The Balaban J connectivity index is 2.03. The second kappa shape index (κ2) is 7.24. The Kier molecular flexibility index (Phi) is 6.26. The third kappa shape index (κ3) is 4.98. The van der Waals surface area contributed by atoms with Crippen LogP contribution in [0.5, 0.6) is 0 Å². The van der Waals surface area contributed by atoms with Gasteiger partial charge < -0.3 is 10.0 Å². The number of nitrogens with zero attached hydrogens (tertiary/aromatic N) is 1. The first-order chi connectivity index (χ1) is 7.24. The van der Waals surface area contributed by atoms with Crippen LogP contribution in [0.2, 0.25) is 0 Å². The van der Waals surface area contributed by atoms with Crippen molar-refractivity contribution in [3.63, 3.8) is 0 Å². The maximum Gasteiger partial charge on any atom is 0.0568 e. The van der Waals surface area contributed by atoms with Gasteiger partial charge in [-0.05, 0) is 51.7 Å². The molecule has 1 fully saturated rings. The Morgan fingerprint density at radius 3 is 2.60 bits per heavy atom. The van der Waals surface area contributed by atoms with Crippen molar-refractivity contribution in [3.05, 3.63) is 0 Å². The molecule has 1 rings (SSSR count). The van der Waals surface area contributed by atoms with E-state index in [1.807, 2.05) is 0 Å². The number of hydrogen-bond acceptors (Lipinski definition) is 2. The van der Waals surface area contributed by atoms with Crippen molar-refractivity contribution in [1.82, 2.24) is 4.90 Å². The topological polar surface area (TPSA) is 23.5 Å². The van der Waals surface area contributed by atoms with Crippen molar-refractivity contribution in [2.75, 3.05) is 20.1 Å². The highest BCUT2D eigenvalue weighted by molar-refractivity contribution is 4.77. The van der Waals surface area contributed by atoms with Crippen molar-refractivity contribution >= 4 is 0 Å². The third-order valence-electron chi connectivity index (χ3n) is 3.64. The molecule has 2 atom stereocenters. The SMILES string of the molecule is CCCCCN(C)CCC1CCCC1O. The average molecular weight is 213 g/mol. The fourth-order valence-corrected chi connectivity index (χ4v) is 2.48. The van der Waals surface area contributed by atoms with Crippen LogP contribution in [-0.2, 0) is 0 Å². The lowest BCUT2D eigenvalue weighted by atomic mass is 10.0. The molecule has 0 heterocycles. The normalized spacial score (nSPS) is 26.4. The number of unbranched alkanes of at least 4 members (excludes halogenated alkanes) is 2. The van der Waals surface area contributed by atoms with Crippen LogP contribution in [0.4, 0.5) is 0 Å². The van der Waals surface area contributed by atoms with Crippen LogP contribution in [0.3, 0.4) is 0 Å². The fourth-order valence-electron chi connectivity index (χ4n) is 2.48. The van der Waals surface area contributed by atoms with E-state index in [1.165, 1.54) is 45.1 Å². The molecule has 1 N–H and O–H groups in total. The molecule has 0 aliphatic heterocycles. The van der Waals surface area contributed by atoms with E-state index in [1.54, 1.807) is 0 Å². The summed E-state index contributed by atoms with van der Waals surface area (Å²) in [5.74, 6) is 0.582. The molecular weight excluding hydrogens is 186 g/mol. The first kappa shape index (κ1) is 13.0. The van der Waals surface area contributed by atoms with Crippen LogP contribution in [0.15, 0.2) is 0 Å². The highest BCUT2D eigenvalue weighted by Crippen LogP contribution is 2.28. The molecule has 2 unspecified atom stereocenters. The second-order valence-corrected chi connectivity index (χ2v) is 5.06. The number of aliphatic hydroxyl groups is 1. The molecule has 2 heteroatoms. The monoisotopic (exact) mass is 213 g/mol. The van der Waals surface area contributed by atoms with Gasteiger partial charge in [-0.2, -0.15) is 0 Å². The molecule has 0 aromatic heterocycles. The van der Waals surface area contributed by atoms with Gasteiger partial charge in [-0.25, -0.2) is 0 Å². The Morgan fingerprint density at radius 2 is 2.00 bits per heavy atom. The Morgan fingerprint density at radius 1 is 1.20 bits per heavy atom. The molecule has 0 spiro atoms. The molecule has 0 aromatic carbocycles. The standard InChI is InChI=1S/C13H27NO/c1-3-4-5-10-14(2)11-9-12-7-6-8-13(12)15/h12-13,15H,3-11H2,1-2H3. The van der Waals surface area contributed by atoms with Crippen LogP contribution in [0.25, 0.3) is 0 Å². The predicted molar refractivity (Wildman–Crippen MR) is 65.0 cm³/mol. The lowest BCUT2D eigenvalue weighted by molar-refractivity contribution is 0.120. The minimum absolute atomic E-state index is 0.00552. The predicted octanol–water partition coefficient (Wildman–Crippen LogP) is 2.66. The Bertz CT molecular complexity index is 161. The van der Waals surface area contributed by atoms with Crippen LogP contribution in [0.1, 0.15) is 51.9 Å². The Labute approximate surface area is 94.7 Å². The van der Waals surface area contributed by atoms with Crippen molar-refractivity contribution in [1.29, 1.82) is 0 Å². The lowest BCUT2D eigenvalue weighted by Crippen LogP contribution is -2.25. The van der Waals surface area contributed by atoms with E-state index < -0.39 is 0 Å². The van der Waals surface area contributed by atoms with Crippen LogP contribution >= 0.6 is 0 Å². The van der Waals surface area contributed by atoms with Gasteiger partial charge in [0.2, 0.25) is 0 Å². The first-order valence-corrected chi connectivity index (χ1v) is 6.60. The quantitative estimate of drug-likeness (QED) is 0.657. The largest absolute Gasteiger partial charge is 0.393 e. The van der Waals surface area contributed by atoms with Gasteiger partial charge in [-0.3, -0.25) is 0 Å². The van der Waals surface area contributed by atoms with E-state index >= 15 is 0 Å². The van der Waals surface area contributed by atoms with Gasteiger partial charge >= 0.3 is 0 Å². The van der Waals surface area contributed by atoms with E-state index in [0.717, 1.165) is 13.0 Å². The zero-order valence-electron chi connectivity index (χ0n) is 10.4. The molecule has 0 amide bonds. The van der Waals surface area contributed by atoms with Crippen molar-refractivity contribution in [2.24, 2.45) is 5.92 Å². The maximum absolute atomic E-state index is 9.70. The van der Waals surface area contributed by atoms with Crippen molar-refractivity contribution in [3.8, 4) is 0 Å². The molecule has 0 bridgehead atoms. The highest BCUT2D eigenvalue weighted by atomic mass is 16.3. The van der Waals surface area contributed by atoms with Gasteiger partial charge in [0, 0.05) is 0 Å². The van der Waals surface area contributed by atoms with Gasteiger partial charge in [0.05, 0.1) is 6.10 Å². The van der Waals surface area contributed by atoms with Crippen LogP contribution in [0, 0.1) is 5.92 Å².